The zero-order chi connectivity index (χ0) is 14.1. The summed E-state index contributed by atoms with van der Waals surface area (Å²) in [6, 6.07) is 13.1. The molecule has 1 heterocycles. The van der Waals surface area contributed by atoms with Gasteiger partial charge in [-0.1, -0.05) is 29.8 Å². The number of halogens is 2. The summed E-state index contributed by atoms with van der Waals surface area (Å²) < 4.78 is 5.04. The summed E-state index contributed by atoms with van der Waals surface area (Å²) in [4.78, 5) is 13.7. The molecule has 0 bridgehead atoms. The third-order valence-electron chi connectivity index (χ3n) is 3.13. The lowest BCUT2D eigenvalue weighted by molar-refractivity contribution is 0.555. The number of aromatic nitrogens is 1. The van der Waals surface area contributed by atoms with Crippen molar-refractivity contribution in [2.75, 3.05) is 0 Å². The Kier molecular flexibility index (Phi) is 3.55. The summed E-state index contributed by atoms with van der Waals surface area (Å²) in [5.74, 6) is -0.457. The van der Waals surface area contributed by atoms with E-state index in [0.29, 0.717) is 22.5 Å². The lowest BCUT2D eigenvalue weighted by Crippen LogP contribution is -1.95. The van der Waals surface area contributed by atoms with Crippen LogP contribution in [0, 0.1) is 0 Å². The van der Waals surface area contributed by atoms with Crippen molar-refractivity contribution in [1.29, 1.82) is 0 Å². The fraction of sp³-hybridized carbons (Fsp3) is 0.133. The molecule has 0 saturated heterocycles. The lowest BCUT2D eigenvalue weighted by atomic mass is 10.0. The molecule has 0 aliphatic rings. The Morgan fingerprint density at radius 2 is 1.90 bits per heavy atom. The fourth-order valence-corrected chi connectivity index (χ4v) is 2.54. The van der Waals surface area contributed by atoms with E-state index in [1.807, 2.05) is 30.3 Å². The van der Waals surface area contributed by atoms with E-state index >= 15 is 0 Å². The van der Waals surface area contributed by atoms with Gasteiger partial charge in [0.25, 0.3) is 0 Å². The second kappa shape index (κ2) is 5.35. The largest absolute Gasteiger partial charge is 0.417 e. The Morgan fingerprint density at radius 1 is 1.15 bits per heavy atom. The molecule has 0 aliphatic heterocycles. The summed E-state index contributed by atoms with van der Waals surface area (Å²) >= 11 is 12.3. The topological polar surface area (TPSA) is 46.0 Å². The fourth-order valence-electron chi connectivity index (χ4n) is 2.10. The molecule has 0 saturated carbocycles. The van der Waals surface area contributed by atoms with Crippen molar-refractivity contribution in [3.8, 4) is 0 Å². The normalized spacial score (nSPS) is 12.7. The number of alkyl halides is 1. The smallest absolute Gasteiger partial charge is 0.408 e. The standard InChI is InChI=1S/C15H11Cl2NO2/c16-11-4-1-9(2-5-11)7-12(17)10-3-6-13-14(8-10)20-15(19)18-13/h1-6,8,12H,7H2,(H,18,19). The molecule has 0 radical (unpaired) electrons. The molecule has 102 valence electrons. The van der Waals surface area contributed by atoms with Crippen LogP contribution in [-0.2, 0) is 6.42 Å². The number of aromatic amines is 1. The monoisotopic (exact) mass is 307 g/mol. The maximum Gasteiger partial charge on any atom is 0.417 e. The maximum absolute atomic E-state index is 11.1. The van der Waals surface area contributed by atoms with Gasteiger partial charge in [0.1, 0.15) is 0 Å². The third kappa shape index (κ3) is 2.74. The molecule has 1 N–H and O–H groups in total. The molecule has 2 aromatic carbocycles. The van der Waals surface area contributed by atoms with E-state index in [9.17, 15) is 4.79 Å². The number of benzene rings is 2. The van der Waals surface area contributed by atoms with Crippen LogP contribution in [0.2, 0.25) is 5.02 Å². The summed E-state index contributed by atoms with van der Waals surface area (Å²) in [5.41, 5.74) is 3.21. The Hall–Kier alpha value is -1.71. The minimum atomic E-state index is -0.457. The zero-order valence-corrected chi connectivity index (χ0v) is 11.9. The van der Waals surface area contributed by atoms with Gasteiger partial charge in [0, 0.05) is 5.02 Å². The minimum absolute atomic E-state index is 0.194. The van der Waals surface area contributed by atoms with E-state index in [0.717, 1.165) is 11.1 Å². The van der Waals surface area contributed by atoms with Gasteiger partial charge >= 0.3 is 5.76 Å². The molecule has 0 fully saturated rings. The average Bonchev–Trinajstić information content (AvgIpc) is 2.80. The summed E-state index contributed by atoms with van der Waals surface area (Å²) in [5, 5.41) is 0.510. The molecule has 1 unspecified atom stereocenters. The van der Waals surface area contributed by atoms with E-state index in [4.69, 9.17) is 27.6 Å². The highest BCUT2D eigenvalue weighted by Crippen LogP contribution is 2.27. The number of nitrogens with one attached hydrogen (secondary N) is 1. The van der Waals surface area contributed by atoms with Crippen LogP contribution in [0.4, 0.5) is 0 Å². The molecule has 1 atom stereocenters. The predicted molar refractivity (Wildman–Crippen MR) is 80.6 cm³/mol. The van der Waals surface area contributed by atoms with E-state index in [-0.39, 0.29) is 5.38 Å². The van der Waals surface area contributed by atoms with E-state index in [1.54, 1.807) is 12.1 Å². The van der Waals surface area contributed by atoms with Gasteiger partial charge in [0.15, 0.2) is 5.58 Å². The highest BCUT2D eigenvalue weighted by Gasteiger charge is 2.11. The molecular formula is C15H11Cl2NO2. The van der Waals surface area contributed by atoms with Crippen LogP contribution in [0.3, 0.4) is 0 Å². The average molecular weight is 308 g/mol. The van der Waals surface area contributed by atoms with Gasteiger partial charge in [0.05, 0.1) is 10.9 Å². The van der Waals surface area contributed by atoms with Crippen molar-refractivity contribution in [3.63, 3.8) is 0 Å². The van der Waals surface area contributed by atoms with Crippen LogP contribution in [0.25, 0.3) is 11.1 Å². The molecule has 5 heteroatoms. The highest BCUT2D eigenvalue weighted by molar-refractivity contribution is 6.30. The summed E-state index contributed by atoms with van der Waals surface area (Å²) in [7, 11) is 0. The highest BCUT2D eigenvalue weighted by atomic mass is 35.5. The first-order valence-electron chi connectivity index (χ1n) is 6.13. The molecule has 3 nitrogen and oxygen atoms in total. The van der Waals surface area contributed by atoms with Gasteiger partial charge in [-0.15, -0.1) is 11.6 Å². The SMILES string of the molecule is O=c1[nH]c2ccc(C(Cl)Cc3ccc(Cl)cc3)cc2o1. The number of fused-ring (bicyclic) bond motifs is 1. The van der Waals surface area contributed by atoms with Crippen LogP contribution in [0.1, 0.15) is 16.5 Å². The first kappa shape index (κ1) is 13.3. The molecule has 3 aromatic rings. The van der Waals surface area contributed by atoms with Crippen LogP contribution >= 0.6 is 23.2 Å². The Labute approximate surface area is 125 Å². The Balaban J connectivity index is 1.85. The second-order valence-electron chi connectivity index (χ2n) is 4.57. The molecule has 20 heavy (non-hydrogen) atoms. The first-order valence-corrected chi connectivity index (χ1v) is 6.94. The number of rotatable bonds is 3. The van der Waals surface area contributed by atoms with Crippen molar-refractivity contribution in [1.82, 2.24) is 4.98 Å². The van der Waals surface area contributed by atoms with Crippen molar-refractivity contribution in [2.24, 2.45) is 0 Å². The van der Waals surface area contributed by atoms with Gasteiger partial charge in [0.2, 0.25) is 0 Å². The van der Waals surface area contributed by atoms with Gasteiger partial charge in [-0.2, -0.15) is 0 Å². The van der Waals surface area contributed by atoms with E-state index in [1.165, 1.54) is 0 Å². The molecule has 0 spiro atoms. The van der Waals surface area contributed by atoms with Gasteiger partial charge in [-0.05, 0) is 41.8 Å². The molecule has 1 aromatic heterocycles. The number of H-pyrrole nitrogens is 1. The number of oxazole rings is 1. The van der Waals surface area contributed by atoms with Crippen LogP contribution in [0.5, 0.6) is 0 Å². The zero-order valence-electron chi connectivity index (χ0n) is 10.4. The molecular weight excluding hydrogens is 297 g/mol. The van der Waals surface area contributed by atoms with Crippen molar-refractivity contribution in [2.45, 2.75) is 11.8 Å². The van der Waals surface area contributed by atoms with Gasteiger partial charge < -0.3 is 4.42 Å². The number of hydrogen-bond acceptors (Lipinski definition) is 2. The quantitative estimate of drug-likeness (QED) is 0.733. The Bertz CT molecular complexity index is 789. The van der Waals surface area contributed by atoms with Gasteiger partial charge in [-0.3, -0.25) is 4.98 Å². The van der Waals surface area contributed by atoms with E-state index in [2.05, 4.69) is 4.98 Å². The van der Waals surface area contributed by atoms with Crippen LogP contribution in [-0.4, -0.2) is 4.98 Å². The van der Waals surface area contributed by atoms with E-state index < -0.39 is 5.76 Å². The maximum atomic E-state index is 11.1. The summed E-state index contributed by atoms with van der Waals surface area (Å²) in [6.45, 7) is 0. The lowest BCUT2D eigenvalue weighted by Gasteiger charge is -2.10. The molecule has 0 amide bonds. The van der Waals surface area contributed by atoms with Crippen LogP contribution < -0.4 is 5.76 Å². The second-order valence-corrected chi connectivity index (χ2v) is 5.53. The molecule has 0 aliphatic carbocycles. The van der Waals surface area contributed by atoms with Gasteiger partial charge in [-0.25, -0.2) is 4.79 Å². The first-order chi connectivity index (χ1) is 9.61. The third-order valence-corrected chi connectivity index (χ3v) is 3.79. The van der Waals surface area contributed by atoms with Crippen molar-refractivity contribution < 1.29 is 4.42 Å². The minimum Gasteiger partial charge on any atom is -0.408 e. The van der Waals surface area contributed by atoms with Crippen LogP contribution in [0.15, 0.2) is 51.7 Å². The summed E-state index contributed by atoms with van der Waals surface area (Å²) in [6.07, 6.45) is 0.679. The Morgan fingerprint density at radius 3 is 2.65 bits per heavy atom. The van der Waals surface area contributed by atoms with Crippen molar-refractivity contribution in [3.05, 3.63) is 69.2 Å². The van der Waals surface area contributed by atoms with Crippen molar-refractivity contribution >= 4 is 34.3 Å². The molecule has 3 rings (SSSR count). The predicted octanol–water partition coefficient (Wildman–Crippen LogP) is 4.30. The number of hydrogen-bond donors (Lipinski definition) is 1.